The van der Waals surface area contributed by atoms with Crippen LogP contribution in [0.3, 0.4) is 0 Å². The van der Waals surface area contributed by atoms with E-state index in [2.05, 4.69) is 5.32 Å². The number of hydrogen-bond acceptors (Lipinski definition) is 12. The van der Waals surface area contributed by atoms with Gasteiger partial charge in [0.15, 0.2) is 11.5 Å². The van der Waals surface area contributed by atoms with Crippen molar-refractivity contribution in [1.29, 1.82) is 0 Å². The van der Waals surface area contributed by atoms with Crippen LogP contribution in [0.5, 0.6) is 17.2 Å². The molecule has 0 saturated carbocycles. The van der Waals surface area contributed by atoms with Crippen LogP contribution in [0.2, 0.25) is 0 Å². The number of rotatable bonds is 16. The van der Waals surface area contributed by atoms with E-state index >= 15 is 0 Å². The molecule has 0 aromatic heterocycles. The van der Waals surface area contributed by atoms with Crippen LogP contribution in [-0.4, -0.2) is 64.0 Å². The van der Waals surface area contributed by atoms with Crippen molar-refractivity contribution >= 4 is 24.4 Å². The van der Waals surface area contributed by atoms with Gasteiger partial charge in [-0.15, -0.1) is 0 Å². The van der Waals surface area contributed by atoms with Gasteiger partial charge in [-0.3, -0.25) is 4.79 Å². The third-order valence-electron chi connectivity index (χ3n) is 5.81. The minimum Gasteiger partial charge on any atom is -0.468 e. The molecule has 236 valence electrons. The average Bonchev–Trinajstić information content (AvgIpc) is 2.95. The predicted octanol–water partition coefficient (Wildman–Crippen LogP) is 5.70. The zero-order valence-electron chi connectivity index (χ0n) is 25.3. The summed E-state index contributed by atoms with van der Waals surface area (Å²) >= 11 is 0. The fraction of sp³-hybridized carbons (Fsp3) is 0.484. The normalized spacial score (nSPS) is 11.4. The number of hydrogen-bond donors (Lipinski definition) is 1. The number of para-hydroxylation sites is 1. The second-order valence-corrected chi connectivity index (χ2v) is 10.3. The second kappa shape index (κ2) is 19.0. The minimum absolute atomic E-state index is 0.0630. The summed E-state index contributed by atoms with van der Waals surface area (Å²) in [4.78, 5) is 49.0. The number of nitrogens with one attached hydrogen (secondary N) is 1. The summed E-state index contributed by atoms with van der Waals surface area (Å²) in [6, 6.07) is 12.1. The van der Waals surface area contributed by atoms with Crippen molar-refractivity contribution in [3.05, 3.63) is 54.1 Å². The van der Waals surface area contributed by atoms with E-state index in [1.807, 2.05) is 27.7 Å². The largest absolute Gasteiger partial charge is 0.513 e. The first-order valence-corrected chi connectivity index (χ1v) is 14.1. The SMILES string of the molecule is COC(=O)[C@H](Cc1ccc(OC(=O)OCCC(C)C)c(OC(=O)OCCC(C)C)c1)NCCOC(=O)Oc1ccccc1. The molecule has 12 heteroatoms. The van der Waals surface area contributed by atoms with Crippen molar-refractivity contribution < 1.29 is 52.3 Å². The van der Waals surface area contributed by atoms with Gasteiger partial charge in [0.25, 0.3) is 0 Å². The maximum absolute atomic E-state index is 12.5. The highest BCUT2D eigenvalue weighted by Gasteiger charge is 2.22. The molecular formula is C31H41NO11. The maximum Gasteiger partial charge on any atom is 0.513 e. The van der Waals surface area contributed by atoms with E-state index in [4.69, 9.17) is 33.2 Å². The molecule has 0 aliphatic carbocycles. The molecule has 0 heterocycles. The lowest BCUT2D eigenvalue weighted by Crippen LogP contribution is -2.41. The van der Waals surface area contributed by atoms with Gasteiger partial charge in [-0.25, -0.2) is 14.4 Å². The fourth-order valence-electron chi connectivity index (χ4n) is 3.44. The molecule has 1 atom stereocenters. The van der Waals surface area contributed by atoms with E-state index in [0.717, 1.165) is 0 Å². The summed E-state index contributed by atoms with van der Waals surface area (Å²) in [5.74, 6) is 0.258. The molecule has 2 aromatic rings. The zero-order valence-corrected chi connectivity index (χ0v) is 25.3. The summed E-state index contributed by atoms with van der Waals surface area (Å²) in [5, 5.41) is 2.97. The van der Waals surface area contributed by atoms with Crippen LogP contribution in [0.15, 0.2) is 48.5 Å². The number of carbonyl (C=O) groups excluding carboxylic acids is 4. The first-order chi connectivity index (χ1) is 20.6. The molecule has 12 nitrogen and oxygen atoms in total. The van der Waals surface area contributed by atoms with Gasteiger partial charge in [-0.1, -0.05) is 52.0 Å². The number of esters is 1. The van der Waals surface area contributed by atoms with Gasteiger partial charge in [0.1, 0.15) is 18.4 Å². The Morgan fingerprint density at radius 3 is 1.84 bits per heavy atom. The van der Waals surface area contributed by atoms with Crippen molar-refractivity contribution in [1.82, 2.24) is 5.32 Å². The summed E-state index contributed by atoms with van der Waals surface area (Å²) in [6.07, 6.45) is -1.42. The van der Waals surface area contributed by atoms with Crippen molar-refractivity contribution in [2.75, 3.05) is 33.5 Å². The van der Waals surface area contributed by atoms with Crippen LogP contribution < -0.4 is 19.5 Å². The molecular weight excluding hydrogens is 562 g/mol. The van der Waals surface area contributed by atoms with E-state index in [1.54, 1.807) is 36.4 Å². The highest BCUT2D eigenvalue weighted by Crippen LogP contribution is 2.30. The lowest BCUT2D eigenvalue weighted by Gasteiger charge is -2.18. The molecule has 2 rings (SSSR count). The molecule has 0 bridgehead atoms. The third-order valence-corrected chi connectivity index (χ3v) is 5.81. The molecule has 0 aliphatic heterocycles. The summed E-state index contributed by atoms with van der Waals surface area (Å²) in [6.45, 7) is 8.31. The van der Waals surface area contributed by atoms with Crippen LogP contribution in [-0.2, 0) is 30.2 Å². The Labute approximate surface area is 251 Å². The summed E-state index contributed by atoms with van der Waals surface area (Å²) in [7, 11) is 1.24. The highest BCUT2D eigenvalue weighted by molar-refractivity contribution is 5.76. The Bertz CT molecular complexity index is 1170. The van der Waals surface area contributed by atoms with Gasteiger partial charge >= 0.3 is 24.4 Å². The van der Waals surface area contributed by atoms with Crippen LogP contribution in [0.4, 0.5) is 14.4 Å². The molecule has 0 aliphatic rings. The maximum atomic E-state index is 12.5. The molecule has 0 radical (unpaired) electrons. The quantitative estimate of drug-likeness (QED) is 0.109. The van der Waals surface area contributed by atoms with Crippen molar-refractivity contribution in [3.63, 3.8) is 0 Å². The average molecular weight is 604 g/mol. The second-order valence-electron chi connectivity index (χ2n) is 10.3. The fourth-order valence-corrected chi connectivity index (χ4v) is 3.44. The first-order valence-electron chi connectivity index (χ1n) is 14.1. The van der Waals surface area contributed by atoms with Crippen LogP contribution in [0.25, 0.3) is 0 Å². The molecule has 0 amide bonds. The Morgan fingerprint density at radius 1 is 0.698 bits per heavy atom. The number of benzene rings is 2. The number of carbonyl (C=O) groups is 4. The third kappa shape index (κ3) is 14.4. The molecule has 0 unspecified atom stereocenters. The Balaban J connectivity index is 2.06. The number of ether oxygens (including phenoxy) is 7. The van der Waals surface area contributed by atoms with Crippen LogP contribution >= 0.6 is 0 Å². The molecule has 0 fully saturated rings. The van der Waals surface area contributed by atoms with Crippen LogP contribution in [0, 0.1) is 11.8 Å². The molecule has 43 heavy (non-hydrogen) atoms. The van der Waals surface area contributed by atoms with Gasteiger partial charge < -0.3 is 38.5 Å². The summed E-state index contributed by atoms with van der Waals surface area (Å²) < 4.78 is 35.9. The lowest BCUT2D eigenvalue weighted by molar-refractivity contribution is -0.143. The Hall–Kier alpha value is -4.32. The minimum atomic E-state index is -0.974. The van der Waals surface area contributed by atoms with Gasteiger partial charge in [0.2, 0.25) is 0 Å². The molecule has 1 N–H and O–H groups in total. The van der Waals surface area contributed by atoms with Crippen LogP contribution in [0.1, 0.15) is 46.1 Å². The van der Waals surface area contributed by atoms with E-state index in [0.29, 0.717) is 36.0 Å². The monoisotopic (exact) mass is 603 g/mol. The van der Waals surface area contributed by atoms with Gasteiger partial charge in [-0.05, 0) is 60.9 Å². The van der Waals surface area contributed by atoms with Gasteiger partial charge in [0, 0.05) is 6.54 Å². The predicted molar refractivity (Wildman–Crippen MR) is 155 cm³/mol. The first kappa shape index (κ1) is 34.9. The lowest BCUT2D eigenvalue weighted by atomic mass is 10.1. The summed E-state index contributed by atoms with van der Waals surface area (Å²) in [5.41, 5.74) is 0.540. The van der Waals surface area contributed by atoms with Crippen molar-refractivity contribution in [2.45, 2.75) is 53.0 Å². The molecule has 0 saturated heterocycles. The van der Waals surface area contributed by atoms with E-state index in [1.165, 1.54) is 19.2 Å². The topological polar surface area (TPSA) is 145 Å². The van der Waals surface area contributed by atoms with E-state index in [9.17, 15) is 19.2 Å². The molecule has 2 aromatic carbocycles. The van der Waals surface area contributed by atoms with Crippen molar-refractivity contribution in [3.8, 4) is 17.2 Å². The number of methoxy groups -OCH3 is 1. The van der Waals surface area contributed by atoms with Gasteiger partial charge in [0.05, 0.1) is 20.3 Å². The van der Waals surface area contributed by atoms with Gasteiger partial charge in [-0.2, -0.15) is 0 Å². The van der Waals surface area contributed by atoms with E-state index in [-0.39, 0.29) is 44.3 Å². The Morgan fingerprint density at radius 2 is 1.26 bits per heavy atom. The Kier molecular flexibility index (Phi) is 15.4. The van der Waals surface area contributed by atoms with E-state index < -0.39 is 30.5 Å². The highest BCUT2D eigenvalue weighted by atomic mass is 16.7. The smallest absolute Gasteiger partial charge is 0.468 e. The molecule has 0 spiro atoms. The standard InChI is InChI=1S/C31H41NO11/c1-21(2)13-16-38-30(35)42-26-12-11-23(20-27(26)43-31(36)39-17-14-22(3)4)19-25(28(33)37-5)32-15-18-40-29(34)41-24-9-7-6-8-10-24/h6-12,20-22,25,32H,13-19H2,1-5H3/t25-/m0/s1. The zero-order chi connectivity index (χ0) is 31.6. The van der Waals surface area contributed by atoms with Crippen molar-refractivity contribution in [2.24, 2.45) is 11.8 Å².